The van der Waals surface area contributed by atoms with Crippen molar-refractivity contribution < 1.29 is 5.11 Å². The molecule has 3 rings (SSSR count). The Kier molecular flexibility index (Phi) is 5.45. The molecule has 1 aromatic heterocycles. The van der Waals surface area contributed by atoms with Gasteiger partial charge in [-0.05, 0) is 37.8 Å². The van der Waals surface area contributed by atoms with Gasteiger partial charge in [-0.1, -0.05) is 18.9 Å². The minimum absolute atomic E-state index is 0.172. The van der Waals surface area contributed by atoms with Crippen molar-refractivity contribution in [2.24, 2.45) is 5.41 Å². The summed E-state index contributed by atoms with van der Waals surface area (Å²) in [6, 6.07) is 6.76. The number of piperidine rings is 1. The van der Waals surface area contributed by atoms with Crippen molar-refractivity contribution in [3.05, 3.63) is 30.1 Å². The lowest BCUT2D eigenvalue weighted by molar-refractivity contribution is 0.115. The average Bonchev–Trinajstić information content (AvgIpc) is 3.05. The fraction of sp³-hybridized carbons (Fsp3) is 0.722. The highest BCUT2D eigenvalue weighted by Gasteiger charge is 2.33. The topological polar surface area (TPSA) is 48.4 Å². The van der Waals surface area contributed by atoms with Gasteiger partial charge >= 0.3 is 0 Å². The normalized spacial score (nSPS) is 23.0. The van der Waals surface area contributed by atoms with Gasteiger partial charge in [0, 0.05) is 50.4 Å². The number of nitrogens with one attached hydrogen (secondary N) is 1. The van der Waals surface area contributed by atoms with Crippen LogP contribution in [0.1, 0.15) is 44.2 Å². The van der Waals surface area contributed by atoms with E-state index in [0.29, 0.717) is 12.6 Å². The molecule has 0 radical (unpaired) electrons. The second-order valence-corrected chi connectivity index (χ2v) is 7.12. The number of hydrogen-bond acceptors (Lipinski definition) is 4. The number of aliphatic hydroxyl groups excluding tert-OH is 1. The summed E-state index contributed by atoms with van der Waals surface area (Å²) in [7, 11) is 0. The van der Waals surface area contributed by atoms with E-state index in [4.69, 9.17) is 0 Å². The number of pyridine rings is 1. The Bertz CT molecular complexity index is 437. The van der Waals surface area contributed by atoms with Gasteiger partial charge in [0.15, 0.2) is 0 Å². The third-order valence-electron chi connectivity index (χ3n) is 5.46. The fourth-order valence-corrected chi connectivity index (χ4v) is 3.89. The Hall–Kier alpha value is -0.970. The maximum atomic E-state index is 9.70. The summed E-state index contributed by atoms with van der Waals surface area (Å²) in [6.07, 6.45) is 9.22. The highest BCUT2D eigenvalue weighted by molar-refractivity contribution is 5.03. The largest absolute Gasteiger partial charge is 0.396 e. The molecule has 122 valence electrons. The van der Waals surface area contributed by atoms with Crippen LogP contribution in [0, 0.1) is 5.41 Å². The summed E-state index contributed by atoms with van der Waals surface area (Å²) in [4.78, 5) is 6.91. The van der Waals surface area contributed by atoms with Crippen LogP contribution in [0.15, 0.2) is 24.4 Å². The first-order valence-electron chi connectivity index (χ1n) is 8.76. The zero-order valence-corrected chi connectivity index (χ0v) is 13.5. The summed E-state index contributed by atoms with van der Waals surface area (Å²) in [6.45, 7) is 4.59. The maximum Gasteiger partial charge on any atom is 0.0543 e. The van der Waals surface area contributed by atoms with Crippen LogP contribution >= 0.6 is 0 Å². The SMILES string of the molecule is OCC1(CNC2CCN(Cc3ccccn3)CC2)CCCC1. The summed E-state index contributed by atoms with van der Waals surface area (Å²) < 4.78 is 0. The van der Waals surface area contributed by atoms with Crippen LogP contribution in [0.5, 0.6) is 0 Å². The molecule has 2 aliphatic rings. The summed E-state index contributed by atoms with van der Waals surface area (Å²) in [5.74, 6) is 0. The molecule has 4 nitrogen and oxygen atoms in total. The highest BCUT2D eigenvalue weighted by atomic mass is 16.3. The Morgan fingerprint density at radius 3 is 2.64 bits per heavy atom. The van der Waals surface area contributed by atoms with Crippen molar-refractivity contribution in [1.29, 1.82) is 0 Å². The van der Waals surface area contributed by atoms with Gasteiger partial charge in [-0.15, -0.1) is 0 Å². The van der Waals surface area contributed by atoms with Crippen molar-refractivity contribution in [2.75, 3.05) is 26.2 Å². The van der Waals surface area contributed by atoms with E-state index in [9.17, 15) is 5.11 Å². The number of rotatable bonds is 6. The van der Waals surface area contributed by atoms with E-state index in [2.05, 4.69) is 27.3 Å². The van der Waals surface area contributed by atoms with Crippen molar-refractivity contribution in [1.82, 2.24) is 15.2 Å². The van der Waals surface area contributed by atoms with Crippen molar-refractivity contribution in [3.63, 3.8) is 0 Å². The third-order valence-corrected chi connectivity index (χ3v) is 5.46. The highest BCUT2D eigenvalue weighted by Crippen LogP contribution is 2.37. The predicted molar refractivity (Wildman–Crippen MR) is 88.5 cm³/mol. The molecule has 1 aliphatic heterocycles. The van der Waals surface area contributed by atoms with Crippen LogP contribution in [0.25, 0.3) is 0 Å². The van der Waals surface area contributed by atoms with Gasteiger partial charge in [0.1, 0.15) is 0 Å². The number of aliphatic hydroxyl groups is 1. The van der Waals surface area contributed by atoms with Gasteiger partial charge in [0.05, 0.1) is 5.69 Å². The number of likely N-dealkylation sites (tertiary alicyclic amines) is 1. The Morgan fingerprint density at radius 1 is 1.23 bits per heavy atom. The third kappa shape index (κ3) is 4.06. The standard InChI is InChI=1S/C18H29N3O/c22-15-18(8-2-3-9-18)14-20-16-6-11-21(12-7-16)13-17-5-1-4-10-19-17/h1,4-5,10,16,20,22H,2-3,6-9,11-15H2. The number of aromatic nitrogens is 1. The van der Waals surface area contributed by atoms with Gasteiger partial charge < -0.3 is 10.4 Å². The van der Waals surface area contributed by atoms with Crippen LogP contribution in [0.4, 0.5) is 0 Å². The van der Waals surface area contributed by atoms with E-state index in [1.807, 2.05) is 12.3 Å². The molecule has 1 aliphatic carbocycles. The number of hydrogen-bond donors (Lipinski definition) is 2. The molecule has 0 bridgehead atoms. The first-order chi connectivity index (χ1) is 10.8. The monoisotopic (exact) mass is 303 g/mol. The van der Waals surface area contributed by atoms with E-state index in [0.717, 1.165) is 26.2 Å². The molecule has 0 amide bonds. The Labute approximate surface area is 133 Å². The van der Waals surface area contributed by atoms with Crippen molar-refractivity contribution in [3.8, 4) is 0 Å². The van der Waals surface area contributed by atoms with Crippen molar-refractivity contribution >= 4 is 0 Å². The second-order valence-electron chi connectivity index (χ2n) is 7.12. The lowest BCUT2D eigenvalue weighted by Gasteiger charge is -2.35. The van der Waals surface area contributed by atoms with E-state index in [-0.39, 0.29) is 5.41 Å². The maximum absolute atomic E-state index is 9.70. The average molecular weight is 303 g/mol. The zero-order chi connectivity index (χ0) is 15.3. The fourth-order valence-electron chi connectivity index (χ4n) is 3.89. The molecule has 0 atom stereocenters. The predicted octanol–water partition coefficient (Wildman–Crippen LogP) is 2.19. The molecule has 0 spiro atoms. The Balaban J connectivity index is 1.40. The van der Waals surface area contributed by atoms with Gasteiger partial charge in [-0.3, -0.25) is 9.88 Å². The number of nitrogens with zero attached hydrogens (tertiary/aromatic N) is 2. The van der Waals surface area contributed by atoms with Gasteiger partial charge in [0.2, 0.25) is 0 Å². The smallest absolute Gasteiger partial charge is 0.0543 e. The summed E-state index contributed by atoms with van der Waals surface area (Å²) in [5, 5.41) is 13.4. The molecule has 2 fully saturated rings. The molecular weight excluding hydrogens is 274 g/mol. The molecule has 22 heavy (non-hydrogen) atoms. The van der Waals surface area contributed by atoms with Crippen LogP contribution < -0.4 is 5.32 Å². The van der Waals surface area contributed by atoms with Crippen LogP contribution in [0.3, 0.4) is 0 Å². The van der Waals surface area contributed by atoms with Crippen LogP contribution in [-0.2, 0) is 6.54 Å². The molecule has 1 aromatic rings. The molecule has 2 heterocycles. The summed E-state index contributed by atoms with van der Waals surface area (Å²) >= 11 is 0. The molecule has 2 N–H and O–H groups in total. The minimum atomic E-state index is 0.172. The molecule has 1 saturated carbocycles. The Morgan fingerprint density at radius 2 is 2.00 bits per heavy atom. The molecular formula is C18H29N3O. The first-order valence-corrected chi connectivity index (χ1v) is 8.76. The zero-order valence-electron chi connectivity index (χ0n) is 13.5. The van der Waals surface area contributed by atoms with E-state index in [1.54, 1.807) is 0 Å². The molecule has 0 unspecified atom stereocenters. The van der Waals surface area contributed by atoms with Crippen LogP contribution in [-0.4, -0.2) is 47.3 Å². The first kappa shape index (κ1) is 15.9. The molecule has 4 heteroatoms. The quantitative estimate of drug-likeness (QED) is 0.846. The van der Waals surface area contributed by atoms with Gasteiger partial charge in [0.25, 0.3) is 0 Å². The molecule has 0 aromatic carbocycles. The van der Waals surface area contributed by atoms with Crippen LogP contribution in [0.2, 0.25) is 0 Å². The molecule has 1 saturated heterocycles. The van der Waals surface area contributed by atoms with E-state index >= 15 is 0 Å². The summed E-state index contributed by atoms with van der Waals surface area (Å²) in [5.41, 5.74) is 1.34. The van der Waals surface area contributed by atoms with E-state index < -0.39 is 0 Å². The van der Waals surface area contributed by atoms with Crippen molar-refractivity contribution in [2.45, 2.75) is 51.1 Å². The lowest BCUT2D eigenvalue weighted by Crippen LogP contribution is -2.46. The second kappa shape index (κ2) is 7.53. The lowest BCUT2D eigenvalue weighted by atomic mass is 9.86. The van der Waals surface area contributed by atoms with Gasteiger partial charge in [-0.2, -0.15) is 0 Å². The van der Waals surface area contributed by atoms with E-state index in [1.165, 1.54) is 44.2 Å². The van der Waals surface area contributed by atoms with Gasteiger partial charge in [-0.25, -0.2) is 0 Å². The minimum Gasteiger partial charge on any atom is -0.396 e.